The van der Waals surface area contributed by atoms with Crippen molar-refractivity contribution in [3.63, 3.8) is 0 Å². The van der Waals surface area contributed by atoms with Crippen molar-refractivity contribution in [3.8, 4) is 22.9 Å². The standard InChI is InChI=1S/C18H25N3O6S/c1-11(2)9-19-18(22)12(3)28(23,24)10-16-20-17(21-27-16)13-6-7-14(25-4)15(8-13)26-5/h6-8,11-12H,9-10H2,1-5H3,(H,19,22). The highest BCUT2D eigenvalue weighted by Crippen LogP contribution is 2.31. The minimum Gasteiger partial charge on any atom is -0.493 e. The highest BCUT2D eigenvalue weighted by Gasteiger charge is 2.30. The van der Waals surface area contributed by atoms with Crippen LogP contribution in [-0.4, -0.2) is 50.5 Å². The Balaban J connectivity index is 2.14. The Labute approximate surface area is 164 Å². The van der Waals surface area contributed by atoms with E-state index in [-0.39, 0.29) is 17.6 Å². The molecule has 2 aromatic rings. The summed E-state index contributed by atoms with van der Waals surface area (Å²) in [6.07, 6.45) is 0. The molecule has 154 valence electrons. The molecule has 1 unspecified atom stereocenters. The molecule has 1 amide bonds. The average Bonchev–Trinajstić information content (AvgIpc) is 3.12. The monoisotopic (exact) mass is 411 g/mol. The molecule has 0 saturated carbocycles. The van der Waals surface area contributed by atoms with Crippen molar-refractivity contribution < 1.29 is 27.2 Å². The number of carbonyl (C=O) groups excluding carboxylic acids is 1. The maximum Gasteiger partial charge on any atom is 0.242 e. The van der Waals surface area contributed by atoms with Crippen LogP contribution in [-0.2, 0) is 20.4 Å². The zero-order valence-electron chi connectivity index (χ0n) is 16.6. The number of hydrogen-bond donors (Lipinski definition) is 1. The van der Waals surface area contributed by atoms with Crippen molar-refractivity contribution >= 4 is 15.7 Å². The topological polar surface area (TPSA) is 121 Å². The minimum atomic E-state index is -3.81. The average molecular weight is 411 g/mol. The van der Waals surface area contributed by atoms with E-state index < -0.39 is 26.7 Å². The van der Waals surface area contributed by atoms with Crippen LogP contribution in [0.3, 0.4) is 0 Å². The van der Waals surface area contributed by atoms with E-state index in [2.05, 4.69) is 15.5 Å². The molecule has 0 radical (unpaired) electrons. The molecule has 0 saturated heterocycles. The van der Waals surface area contributed by atoms with Gasteiger partial charge in [-0.1, -0.05) is 19.0 Å². The second-order valence-corrected chi connectivity index (χ2v) is 8.99. The highest BCUT2D eigenvalue weighted by molar-refractivity contribution is 7.92. The first-order chi connectivity index (χ1) is 13.2. The number of carbonyl (C=O) groups is 1. The van der Waals surface area contributed by atoms with Crippen molar-refractivity contribution in [2.75, 3.05) is 20.8 Å². The van der Waals surface area contributed by atoms with E-state index in [1.54, 1.807) is 18.2 Å². The van der Waals surface area contributed by atoms with Gasteiger partial charge in [-0.05, 0) is 31.0 Å². The SMILES string of the molecule is COc1ccc(-c2noc(CS(=O)(=O)C(C)C(=O)NCC(C)C)n2)cc1OC. The second kappa shape index (κ2) is 9.05. The summed E-state index contributed by atoms with van der Waals surface area (Å²) in [6, 6.07) is 5.04. The maximum atomic E-state index is 12.5. The van der Waals surface area contributed by atoms with Gasteiger partial charge in [0.15, 0.2) is 21.3 Å². The molecule has 0 bridgehead atoms. The van der Waals surface area contributed by atoms with Crippen LogP contribution in [0, 0.1) is 5.92 Å². The minimum absolute atomic E-state index is 0.0895. The number of aromatic nitrogens is 2. The lowest BCUT2D eigenvalue weighted by Crippen LogP contribution is -2.39. The van der Waals surface area contributed by atoms with Crippen molar-refractivity contribution in [2.45, 2.75) is 31.8 Å². The zero-order valence-corrected chi connectivity index (χ0v) is 17.4. The number of sulfone groups is 1. The smallest absolute Gasteiger partial charge is 0.242 e. The molecule has 0 fully saturated rings. The van der Waals surface area contributed by atoms with E-state index in [1.807, 2.05) is 13.8 Å². The number of benzene rings is 1. The molecule has 2 rings (SSSR count). The third-order valence-electron chi connectivity index (χ3n) is 4.03. The lowest BCUT2D eigenvalue weighted by Gasteiger charge is -2.13. The molecule has 1 aromatic carbocycles. The van der Waals surface area contributed by atoms with E-state index in [0.717, 1.165) is 0 Å². The Morgan fingerprint density at radius 1 is 1.18 bits per heavy atom. The van der Waals surface area contributed by atoms with Gasteiger partial charge in [0.25, 0.3) is 0 Å². The molecule has 0 spiro atoms. The molecule has 9 nitrogen and oxygen atoms in total. The Morgan fingerprint density at radius 2 is 1.86 bits per heavy atom. The van der Waals surface area contributed by atoms with Gasteiger partial charge in [0.2, 0.25) is 17.6 Å². The van der Waals surface area contributed by atoms with Gasteiger partial charge in [0.05, 0.1) is 14.2 Å². The summed E-state index contributed by atoms with van der Waals surface area (Å²) in [5, 5.41) is 5.22. The van der Waals surface area contributed by atoms with Crippen LogP contribution < -0.4 is 14.8 Å². The normalized spacial score (nSPS) is 12.6. The van der Waals surface area contributed by atoms with Crippen molar-refractivity contribution in [1.29, 1.82) is 0 Å². The summed E-state index contributed by atoms with van der Waals surface area (Å²) in [5.41, 5.74) is 0.577. The van der Waals surface area contributed by atoms with Crippen molar-refractivity contribution in [2.24, 2.45) is 5.92 Å². The van der Waals surface area contributed by atoms with E-state index in [9.17, 15) is 13.2 Å². The van der Waals surface area contributed by atoms with E-state index in [1.165, 1.54) is 21.1 Å². The molecule has 1 heterocycles. The van der Waals surface area contributed by atoms with Crippen LogP contribution in [0.25, 0.3) is 11.4 Å². The van der Waals surface area contributed by atoms with Gasteiger partial charge in [-0.2, -0.15) is 4.98 Å². The van der Waals surface area contributed by atoms with Gasteiger partial charge in [0.1, 0.15) is 11.0 Å². The fourth-order valence-corrected chi connectivity index (χ4v) is 3.44. The number of nitrogens with zero attached hydrogens (tertiary/aromatic N) is 2. The van der Waals surface area contributed by atoms with Gasteiger partial charge in [0, 0.05) is 12.1 Å². The fraction of sp³-hybridized carbons (Fsp3) is 0.500. The molecule has 10 heteroatoms. The van der Waals surface area contributed by atoms with Crippen LogP contribution in [0.1, 0.15) is 26.7 Å². The zero-order chi connectivity index (χ0) is 20.9. The van der Waals surface area contributed by atoms with Crippen LogP contribution in [0.4, 0.5) is 0 Å². The predicted octanol–water partition coefficient (Wildman–Crippen LogP) is 1.83. The number of ether oxygens (including phenoxy) is 2. The first kappa shape index (κ1) is 21.7. The lowest BCUT2D eigenvalue weighted by molar-refractivity contribution is -0.120. The first-order valence-corrected chi connectivity index (χ1v) is 10.4. The molecular formula is C18H25N3O6S. The number of methoxy groups -OCH3 is 2. The van der Waals surface area contributed by atoms with Gasteiger partial charge in [-0.15, -0.1) is 0 Å². The number of rotatable bonds is 9. The van der Waals surface area contributed by atoms with E-state index in [0.29, 0.717) is 23.6 Å². The van der Waals surface area contributed by atoms with Crippen molar-refractivity contribution in [3.05, 3.63) is 24.1 Å². The highest BCUT2D eigenvalue weighted by atomic mass is 32.2. The summed E-state index contributed by atoms with van der Waals surface area (Å²) >= 11 is 0. The van der Waals surface area contributed by atoms with Crippen LogP contribution >= 0.6 is 0 Å². The van der Waals surface area contributed by atoms with Gasteiger partial charge >= 0.3 is 0 Å². The van der Waals surface area contributed by atoms with E-state index in [4.69, 9.17) is 14.0 Å². The van der Waals surface area contributed by atoms with Gasteiger partial charge in [-0.25, -0.2) is 8.42 Å². The van der Waals surface area contributed by atoms with E-state index >= 15 is 0 Å². The summed E-state index contributed by atoms with van der Waals surface area (Å²) in [5.74, 6) is 0.292. The predicted molar refractivity (Wildman–Crippen MR) is 103 cm³/mol. The quantitative estimate of drug-likeness (QED) is 0.663. The molecule has 0 aliphatic carbocycles. The number of hydrogen-bond acceptors (Lipinski definition) is 8. The number of nitrogens with one attached hydrogen (secondary N) is 1. The molecule has 28 heavy (non-hydrogen) atoms. The third-order valence-corrected chi connectivity index (χ3v) is 5.97. The Hall–Kier alpha value is -2.62. The summed E-state index contributed by atoms with van der Waals surface area (Å²) in [6.45, 7) is 5.60. The second-order valence-electron chi connectivity index (χ2n) is 6.67. The Kier molecular flexibility index (Phi) is 7.00. The van der Waals surface area contributed by atoms with Crippen molar-refractivity contribution in [1.82, 2.24) is 15.5 Å². The van der Waals surface area contributed by atoms with Gasteiger partial charge in [-0.3, -0.25) is 4.79 Å². The molecule has 1 aromatic heterocycles. The summed E-state index contributed by atoms with van der Waals surface area (Å²) in [4.78, 5) is 16.2. The molecule has 1 atom stereocenters. The molecule has 1 N–H and O–H groups in total. The summed E-state index contributed by atoms with van der Waals surface area (Å²) in [7, 11) is -0.783. The number of amides is 1. The van der Waals surface area contributed by atoms with Gasteiger partial charge < -0.3 is 19.3 Å². The lowest BCUT2D eigenvalue weighted by atomic mass is 10.2. The summed E-state index contributed by atoms with van der Waals surface area (Å²) < 4.78 is 40.5. The first-order valence-electron chi connectivity index (χ1n) is 8.72. The fourth-order valence-electron chi connectivity index (χ4n) is 2.31. The molecular weight excluding hydrogens is 386 g/mol. The Morgan fingerprint density at radius 3 is 2.46 bits per heavy atom. The molecule has 0 aliphatic rings. The maximum absolute atomic E-state index is 12.5. The van der Waals surface area contributed by atoms with Crippen LogP contribution in [0.2, 0.25) is 0 Å². The van der Waals surface area contributed by atoms with Crippen LogP contribution in [0.15, 0.2) is 22.7 Å². The third kappa shape index (κ3) is 5.22. The van der Waals surface area contributed by atoms with Crippen LogP contribution in [0.5, 0.6) is 11.5 Å². The molecule has 0 aliphatic heterocycles. The largest absolute Gasteiger partial charge is 0.493 e. The Bertz CT molecular complexity index is 923.